The summed E-state index contributed by atoms with van der Waals surface area (Å²) in [6, 6.07) is 15.8. The predicted molar refractivity (Wildman–Crippen MR) is 72.2 cm³/mol. The minimum absolute atomic E-state index is 0.0993. The number of rotatable bonds is 1. The Morgan fingerprint density at radius 1 is 0.882 bits per heavy atom. The molecule has 0 aliphatic heterocycles. The van der Waals surface area contributed by atoms with Gasteiger partial charge in [0.05, 0.1) is 0 Å². The van der Waals surface area contributed by atoms with Gasteiger partial charge in [-0.05, 0) is 34.2 Å². The monoisotopic (exact) mass is 226 g/mol. The van der Waals surface area contributed by atoms with Gasteiger partial charge in [0, 0.05) is 0 Å². The fourth-order valence-corrected chi connectivity index (χ4v) is 2.06. The third-order valence-electron chi connectivity index (χ3n) is 2.89. The Hall–Kier alpha value is -1.76. The van der Waals surface area contributed by atoms with Crippen LogP contribution in [0.1, 0.15) is 26.3 Å². The molecule has 0 radical (unpaired) electrons. The van der Waals surface area contributed by atoms with Crippen LogP contribution in [0, 0.1) is 0 Å². The summed E-state index contributed by atoms with van der Waals surface area (Å²) in [5.74, 6) is 0.311. The van der Waals surface area contributed by atoms with Crippen molar-refractivity contribution in [2.24, 2.45) is 0 Å². The molecule has 0 bridgehead atoms. The lowest BCUT2D eigenvalue weighted by Gasteiger charge is -2.23. The normalized spacial score (nSPS) is 11.5. The molecular formula is C16H18O. The van der Waals surface area contributed by atoms with Gasteiger partial charge in [-0.2, -0.15) is 0 Å². The zero-order chi connectivity index (χ0) is 12.5. The maximum absolute atomic E-state index is 9.57. The summed E-state index contributed by atoms with van der Waals surface area (Å²) < 4.78 is 0. The topological polar surface area (TPSA) is 20.2 Å². The maximum Gasteiger partial charge on any atom is 0.116 e. The number of phenols is 1. The summed E-state index contributed by atoms with van der Waals surface area (Å²) in [5.41, 5.74) is 3.65. The number of phenolic OH excluding ortho intramolecular Hbond substituents is 1. The Balaban J connectivity index is 2.60. The molecule has 0 saturated carbocycles. The molecule has 0 heterocycles. The van der Waals surface area contributed by atoms with Gasteiger partial charge in [-0.15, -0.1) is 0 Å². The molecule has 88 valence electrons. The fraction of sp³-hybridized carbons (Fsp3) is 0.250. The van der Waals surface area contributed by atoms with Gasteiger partial charge in [0.25, 0.3) is 0 Å². The van der Waals surface area contributed by atoms with E-state index in [1.165, 1.54) is 11.1 Å². The highest BCUT2D eigenvalue weighted by Crippen LogP contribution is 2.33. The first kappa shape index (κ1) is 11.7. The van der Waals surface area contributed by atoms with Crippen molar-refractivity contribution in [2.45, 2.75) is 26.2 Å². The Bertz CT molecular complexity index is 521. The van der Waals surface area contributed by atoms with Crippen LogP contribution in [0.4, 0.5) is 0 Å². The third-order valence-corrected chi connectivity index (χ3v) is 2.89. The summed E-state index contributed by atoms with van der Waals surface area (Å²) in [6.45, 7) is 6.61. The van der Waals surface area contributed by atoms with Crippen LogP contribution in [0.25, 0.3) is 11.1 Å². The lowest BCUT2D eigenvalue weighted by atomic mass is 9.82. The number of benzene rings is 2. The van der Waals surface area contributed by atoms with Crippen molar-refractivity contribution < 1.29 is 5.11 Å². The Morgan fingerprint density at radius 3 is 2.24 bits per heavy atom. The van der Waals surface area contributed by atoms with Crippen LogP contribution in [0.5, 0.6) is 5.75 Å². The lowest BCUT2D eigenvalue weighted by molar-refractivity contribution is 0.475. The highest BCUT2D eigenvalue weighted by molar-refractivity contribution is 5.69. The van der Waals surface area contributed by atoms with Crippen molar-refractivity contribution in [1.82, 2.24) is 0 Å². The summed E-state index contributed by atoms with van der Waals surface area (Å²) >= 11 is 0. The third kappa shape index (κ3) is 2.50. The molecule has 2 aromatic rings. The first-order valence-electron chi connectivity index (χ1n) is 5.87. The van der Waals surface area contributed by atoms with Crippen LogP contribution in [0.15, 0.2) is 48.5 Å². The van der Waals surface area contributed by atoms with Crippen LogP contribution in [-0.2, 0) is 5.41 Å². The first-order chi connectivity index (χ1) is 7.98. The van der Waals surface area contributed by atoms with Gasteiger partial charge in [0.2, 0.25) is 0 Å². The molecule has 0 aliphatic rings. The van der Waals surface area contributed by atoms with Crippen molar-refractivity contribution in [3.8, 4) is 16.9 Å². The van der Waals surface area contributed by atoms with E-state index in [-0.39, 0.29) is 5.41 Å². The van der Waals surface area contributed by atoms with Gasteiger partial charge >= 0.3 is 0 Å². The molecule has 1 heteroatoms. The summed E-state index contributed by atoms with van der Waals surface area (Å²) in [5, 5.41) is 9.57. The Morgan fingerprint density at radius 2 is 1.59 bits per heavy atom. The van der Waals surface area contributed by atoms with Crippen molar-refractivity contribution in [2.75, 3.05) is 0 Å². The van der Waals surface area contributed by atoms with Gasteiger partial charge in [-0.25, -0.2) is 0 Å². The zero-order valence-corrected chi connectivity index (χ0v) is 10.6. The fourth-order valence-electron chi connectivity index (χ4n) is 2.06. The van der Waals surface area contributed by atoms with E-state index >= 15 is 0 Å². The van der Waals surface area contributed by atoms with Crippen molar-refractivity contribution in [3.05, 3.63) is 54.1 Å². The van der Waals surface area contributed by atoms with Crippen molar-refractivity contribution in [3.63, 3.8) is 0 Å². The van der Waals surface area contributed by atoms with Gasteiger partial charge in [0.15, 0.2) is 0 Å². The molecule has 0 atom stereocenters. The van der Waals surface area contributed by atoms with E-state index in [2.05, 4.69) is 39.0 Å². The summed E-state index contributed by atoms with van der Waals surface area (Å²) in [7, 11) is 0. The Labute approximate surface area is 103 Å². The second-order valence-corrected chi connectivity index (χ2v) is 5.35. The van der Waals surface area contributed by atoms with Crippen molar-refractivity contribution >= 4 is 0 Å². The minimum atomic E-state index is 0.0993. The molecule has 2 aromatic carbocycles. The van der Waals surface area contributed by atoms with E-state index in [0.29, 0.717) is 5.75 Å². The van der Waals surface area contributed by atoms with Crippen molar-refractivity contribution in [1.29, 1.82) is 0 Å². The molecule has 0 spiro atoms. The van der Waals surface area contributed by atoms with E-state index in [0.717, 1.165) is 5.56 Å². The van der Waals surface area contributed by atoms with Gasteiger partial charge < -0.3 is 5.11 Å². The van der Waals surface area contributed by atoms with Crippen LogP contribution >= 0.6 is 0 Å². The maximum atomic E-state index is 9.57. The summed E-state index contributed by atoms with van der Waals surface area (Å²) in [4.78, 5) is 0. The van der Waals surface area contributed by atoms with Gasteiger partial charge in [-0.3, -0.25) is 0 Å². The molecule has 0 fully saturated rings. The highest BCUT2D eigenvalue weighted by Gasteiger charge is 2.17. The largest absolute Gasteiger partial charge is 0.508 e. The molecule has 17 heavy (non-hydrogen) atoms. The van der Waals surface area contributed by atoms with Crippen LogP contribution in [0.2, 0.25) is 0 Å². The lowest BCUT2D eigenvalue weighted by Crippen LogP contribution is -2.12. The highest BCUT2D eigenvalue weighted by atomic mass is 16.3. The van der Waals surface area contributed by atoms with E-state index in [4.69, 9.17) is 0 Å². The SMILES string of the molecule is CC(C)(C)c1ccccc1-c1cccc(O)c1. The first-order valence-corrected chi connectivity index (χ1v) is 5.87. The molecule has 0 aromatic heterocycles. The Kier molecular flexibility index (Phi) is 2.93. The van der Waals surface area contributed by atoms with Crippen LogP contribution < -0.4 is 0 Å². The second kappa shape index (κ2) is 4.25. The van der Waals surface area contributed by atoms with Gasteiger partial charge in [0.1, 0.15) is 5.75 Å². The average Bonchev–Trinajstić information content (AvgIpc) is 2.28. The number of hydrogen-bond acceptors (Lipinski definition) is 1. The smallest absolute Gasteiger partial charge is 0.116 e. The zero-order valence-electron chi connectivity index (χ0n) is 10.6. The van der Waals surface area contributed by atoms with Crippen LogP contribution in [-0.4, -0.2) is 5.11 Å². The molecular weight excluding hydrogens is 208 g/mol. The van der Waals surface area contributed by atoms with E-state index in [1.807, 2.05) is 24.3 Å². The van der Waals surface area contributed by atoms with E-state index < -0.39 is 0 Å². The molecule has 0 unspecified atom stereocenters. The quantitative estimate of drug-likeness (QED) is 0.766. The molecule has 0 saturated heterocycles. The molecule has 0 aliphatic carbocycles. The minimum Gasteiger partial charge on any atom is -0.508 e. The van der Waals surface area contributed by atoms with Crippen LogP contribution in [0.3, 0.4) is 0 Å². The van der Waals surface area contributed by atoms with E-state index in [9.17, 15) is 5.11 Å². The molecule has 2 rings (SSSR count). The number of aromatic hydroxyl groups is 1. The standard InChI is InChI=1S/C16H18O/c1-16(2,3)15-10-5-4-9-14(15)12-7-6-8-13(17)11-12/h4-11,17H,1-3H3. The van der Waals surface area contributed by atoms with Gasteiger partial charge in [-0.1, -0.05) is 57.2 Å². The number of hydrogen-bond donors (Lipinski definition) is 1. The molecule has 1 N–H and O–H groups in total. The van der Waals surface area contributed by atoms with E-state index in [1.54, 1.807) is 6.07 Å². The second-order valence-electron chi connectivity index (χ2n) is 5.35. The summed E-state index contributed by atoms with van der Waals surface area (Å²) in [6.07, 6.45) is 0. The predicted octanol–water partition coefficient (Wildman–Crippen LogP) is 4.36. The molecule has 0 amide bonds. The molecule has 1 nitrogen and oxygen atoms in total. The average molecular weight is 226 g/mol.